The lowest BCUT2D eigenvalue weighted by molar-refractivity contribution is 0.0994. The highest BCUT2D eigenvalue weighted by Gasteiger charge is 2.17. The van der Waals surface area contributed by atoms with Gasteiger partial charge in [0.1, 0.15) is 5.51 Å². The van der Waals surface area contributed by atoms with Gasteiger partial charge in [-0.15, -0.1) is 10.2 Å². The number of carbonyl (C=O) groups excluding carboxylic acids is 1. The average Bonchev–Trinajstić information content (AvgIpc) is 2.91. The minimum absolute atomic E-state index is 0.134. The highest BCUT2D eigenvalue weighted by atomic mass is 32.2. The van der Waals surface area contributed by atoms with E-state index in [1.54, 1.807) is 5.51 Å². The van der Waals surface area contributed by atoms with Crippen molar-refractivity contribution in [3.8, 4) is 0 Å². The fraction of sp³-hybridized carbons (Fsp3) is 0.308. The van der Waals surface area contributed by atoms with E-state index >= 15 is 0 Å². The Morgan fingerprint density at radius 1 is 1.39 bits per heavy atom. The molecule has 94 valence electrons. The molecule has 1 unspecified atom stereocenters. The first kappa shape index (κ1) is 13.2. The Hall–Kier alpha value is -1.20. The number of benzene rings is 1. The fourth-order valence-electron chi connectivity index (χ4n) is 1.56. The van der Waals surface area contributed by atoms with Crippen LogP contribution in [-0.2, 0) is 6.42 Å². The minimum Gasteiger partial charge on any atom is -0.293 e. The van der Waals surface area contributed by atoms with E-state index in [9.17, 15) is 4.79 Å². The van der Waals surface area contributed by atoms with Crippen molar-refractivity contribution in [2.75, 3.05) is 0 Å². The Morgan fingerprint density at radius 3 is 2.67 bits per heavy atom. The monoisotopic (exact) mass is 278 g/mol. The quantitative estimate of drug-likeness (QED) is 0.620. The Balaban J connectivity index is 2.05. The van der Waals surface area contributed by atoms with Crippen LogP contribution in [0.2, 0.25) is 0 Å². The van der Waals surface area contributed by atoms with E-state index in [0.29, 0.717) is 0 Å². The number of thioether (sulfide) groups is 1. The molecule has 0 saturated heterocycles. The molecule has 2 rings (SSSR count). The topological polar surface area (TPSA) is 42.9 Å². The molecule has 2 aromatic rings. The normalized spacial score (nSPS) is 12.3. The fourth-order valence-corrected chi connectivity index (χ4v) is 3.26. The van der Waals surface area contributed by atoms with Gasteiger partial charge in [0.25, 0.3) is 0 Å². The van der Waals surface area contributed by atoms with Gasteiger partial charge in [-0.25, -0.2) is 0 Å². The molecule has 0 amide bonds. The first-order chi connectivity index (χ1) is 8.70. The molecule has 0 fully saturated rings. The average molecular weight is 278 g/mol. The van der Waals surface area contributed by atoms with E-state index in [4.69, 9.17) is 0 Å². The first-order valence-electron chi connectivity index (χ1n) is 5.76. The lowest BCUT2D eigenvalue weighted by Crippen LogP contribution is -2.13. The molecule has 1 aromatic carbocycles. The standard InChI is InChI=1S/C13H14N2OS2/c1-3-10-4-6-11(7-5-10)12(16)9(2)18-13-15-14-8-17-13/h4-9H,3H2,1-2H3. The summed E-state index contributed by atoms with van der Waals surface area (Å²) < 4.78 is 0.834. The number of ketones is 1. The summed E-state index contributed by atoms with van der Waals surface area (Å²) in [4.78, 5) is 12.2. The molecule has 0 aliphatic rings. The van der Waals surface area contributed by atoms with Gasteiger partial charge in [-0.1, -0.05) is 54.3 Å². The summed E-state index contributed by atoms with van der Waals surface area (Å²) in [6.07, 6.45) is 0.990. The van der Waals surface area contributed by atoms with Crippen LogP contribution in [0, 0.1) is 0 Å². The minimum atomic E-state index is -0.134. The van der Waals surface area contributed by atoms with Crippen molar-refractivity contribution in [3.05, 3.63) is 40.9 Å². The van der Waals surface area contributed by atoms with E-state index < -0.39 is 0 Å². The summed E-state index contributed by atoms with van der Waals surface area (Å²) in [7, 11) is 0. The van der Waals surface area contributed by atoms with Crippen LogP contribution in [0.1, 0.15) is 29.8 Å². The van der Waals surface area contributed by atoms with E-state index in [1.165, 1.54) is 28.7 Å². The van der Waals surface area contributed by atoms with Crippen molar-refractivity contribution in [3.63, 3.8) is 0 Å². The summed E-state index contributed by atoms with van der Waals surface area (Å²) in [5.74, 6) is 0.137. The molecule has 0 spiro atoms. The van der Waals surface area contributed by atoms with Crippen LogP contribution in [0.4, 0.5) is 0 Å². The number of carbonyl (C=O) groups is 1. The molecule has 5 heteroatoms. The Bertz CT molecular complexity index is 508. The second-order valence-corrected chi connectivity index (χ2v) is 6.30. The maximum Gasteiger partial charge on any atom is 0.175 e. The van der Waals surface area contributed by atoms with Gasteiger partial charge in [-0.2, -0.15) is 0 Å². The molecule has 0 saturated carbocycles. The Kier molecular flexibility index (Phi) is 4.49. The van der Waals surface area contributed by atoms with Gasteiger partial charge in [-0.05, 0) is 18.9 Å². The molecule has 0 bridgehead atoms. The molecule has 0 N–H and O–H groups in total. The zero-order chi connectivity index (χ0) is 13.0. The van der Waals surface area contributed by atoms with Crippen molar-refractivity contribution in [2.24, 2.45) is 0 Å². The zero-order valence-electron chi connectivity index (χ0n) is 10.3. The smallest absolute Gasteiger partial charge is 0.175 e. The molecular weight excluding hydrogens is 264 g/mol. The number of hydrogen-bond acceptors (Lipinski definition) is 5. The number of Topliss-reactive ketones (excluding diaryl/α,β-unsaturated/α-hetero) is 1. The zero-order valence-corrected chi connectivity index (χ0v) is 11.9. The summed E-state index contributed by atoms with van der Waals surface area (Å²) in [5.41, 5.74) is 3.68. The van der Waals surface area contributed by atoms with E-state index in [0.717, 1.165) is 16.3 Å². The van der Waals surface area contributed by atoms with E-state index in [2.05, 4.69) is 17.1 Å². The predicted octanol–water partition coefficient (Wildman–Crippen LogP) is 3.46. The molecule has 18 heavy (non-hydrogen) atoms. The van der Waals surface area contributed by atoms with Crippen molar-refractivity contribution in [1.82, 2.24) is 10.2 Å². The third kappa shape index (κ3) is 3.17. The van der Waals surface area contributed by atoms with Gasteiger partial charge < -0.3 is 0 Å². The number of aryl methyl sites for hydroxylation is 1. The molecule has 0 radical (unpaired) electrons. The maximum atomic E-state index is 12.2. The number of hydrogen-bond donors (Lipinski definition) is 0. The summed E-state index contributed by atoms with van der Waals surface area (Å²) in [6.45, 7) is 4.01. The van der Waals surface area contributed by atoms with E-state index in [1.807, 2.05) is 31.2 Å². The van der Waals surface area contributed by atoms with Crippen LogP contribution in [0.25, 0.3) is 0 Å². The summed E-state index contributed by atoms with van der Waals surface area (Å²) in [6, 6.07) is 7.82. The van der Waals surface area contributed by atoms with Gasteiger partial charge in [0, 0.05) is 5.56 Å². The van der Waals surface area contributed by atoms with Crippen LogP contribution in [0.5, 0.6) is 0 Å². The maximum absolute atomic E-state index is 12.2. The van der Waals surface area contributed by atoms with Crippen molar-refractivity contribution >= 4 is 28.9 Å². The van der Waals surface area contributed by atoms with Crippen molar-refractivity contribution < 1.29 is 4.79 Å². The van der Waals surface area contributed by atoms with Gasteiger partial charge in [0.15, 0.2) is 10.1 Å². The van der Waals surface area contributed by atoms with Crippen LogP contribution in [-0.4, -0.2) is 21.2 Å². The number of aromatic nitrogens is 2. The third-order valence-electron chi connectivity index (χ3n) is 2.63. The lowest BCUT2D eigenvalue weighted by atomic mass is 10.1. The number of nitrogens with zero attached hydrogens (tertiary/aromatic N) is 2. The Labute approximate surface area is 115 Å². The van der Waals surface area contributed by atoms with Crippen LogP contribution in [0.15, 0.2) is 34.1 Å². The second-order valence-electron chi connectivity index (χ2n) is 3.88. The van der Waals surface area contributed by atoms with Crippen LogP contribution in [0.3, 0.4) is 0 Å². The van der Waals surface area contributed by atoms with Crippen LogP contribution < -0.4 is 0 Å². The largest absolute Gasteiger partial charge is 0.293 e. The van der Waals surface area contributed by atoms with Crippen molar-refractivity contribution in [1.29, 1.82) is 0 Å². The highest BCUT2D eigenvalue weighted by molar-refractivity contribution is 8.02. The predicted molar refractivity (Wildman–Crippen MR) is 75.4 cm³/mol. The van der Waals surface area contributed by atoms with Crippen LogP contribution >= 0.6 is 23.1 Å². The molecule has 1 aromatic heterocycles. The molecule has 1 atom stereocenters. The molecule has 3 nitrogen and oxygen atoms in total. The van der Waals surface area contributed by atoms with Crippen molar-refractivity contribution in [2.45, 2.75) is 29.9 Å². The third-order valence-corrected chi connectivity index (χ3v) is 4.54. The van der Waals surface area contributed by atoms with E-state index in [-0.39, 0.29) is 11.0 Å². The van der Waals surface area contributed by atoms with Gasteiger partial charge in [-0.3, -0.25) is 4.79 Å². The first-order valence-corrected chi connectivity index (χ1v) is 7.52. The molecule has 0 aliphatic heterocycles. The molecule has 1 heterocycles. The SMILES string of the molecule is CCc1ccc(C(=O)C(C)Sc2nncs2)cc1. The summed E-state index contributed by atoms with van der Waals surface area (Å²) >= 11 is 2.92. The van der Waals surface area contributed by atoms with Gasteiger partial charge >= 0.3 is 0 Å². The summed E-state index contributed by atoms with van der Waals surface area (Å²) in [5, 5.41) is 7.57. The Morgan fingerprint density at radius 2 is 2.11 bits per heavy atom. The molecule has 0 aliphatic carbocycles. The highest BCUT2D eigenvalue weighted by Crippen LogP contribution is 2.26. The van der Waals surface area contributed by atoms with Gasteiger partial charge in [0.05, 0.1) is 5.25 Å². The molecular formula is C13H14N2OS2. The number of rotatable bonds is 5. The van der Waals surface area contributed by atoms with Gasteiger partial charge in [0.2, 0.25) is 0 Å². The second kappa shape index (κ2) is 6.11. The lowest BCUT2D eigenvalue weighted by Gasteiger charge is -2.08.